The number of hydrogen-bond donors (Lipinski definition) is 2. The smallest absolute Gasteiger partial charge is 0.303 e. The lowest BCUT2D eigenvalue weighted by Gasteiger charge is -2.15. The van der Waals surface area contributed by atoms with Crippen molar-refractivity contribution in [3.8, 4) is 18.1 Å². The largest absolute Gasteiger partial charge is 0.484 e. The number of thiocarbonyl (C=S) groups is 1. The molecule has 0 fully saturated rings. The van der Waals surface area contributed by atoms with E-state index in [1.807, 2.05) is 25.1 Å². The number of alkyl halides is 2. The molecule has 5 nitrogen and oxygen atoms in total. The summed E-state index contributed by atoms with van der Waals surface area (Å²) in [5.41, 5.74) is 6.40. The molecule has 0 aromatic heterocycles. The van der Waals surface area contributed by atoms with Crippen LogP contribution in [0, 0.1) is 19.3 Å². The molecule has 2 aromatic rings. The van der Waals surface area contributed by atoms with Gasteiger partial charge < -0.3 is 9.84 Å². The van der Waals surface area contributed by atoms with E-state index in [9.17, 15) is 13.6 Å². The lowest BCUT2D eigenvalue weighted by Crippen LogP contribution is -2.22. The molecule has 162 valence electrons. The van der Waals surface area contributed by atoms with E-state index < -0.39 is 25.4 Å². The maximum atomic E-state index is 12.7. The molecule has 0 radical (unpaired) electrons. The number of hydrogen-bond acceptors (Lipinski definition) is 4. The molecule has 0 aliphatic carbocycles. The van der Waals surface area contributed by atoms with Crippen molar-refractivity contribution in [3.05, 3.63) is 64.2 Å². The first kappa shape index (κ1) is 24.0. The van der Waals surface area contributed by atoms with Crippen molar-refractivity contribution in [2.45, 2.75) is 25.9 Å². The minimum Gasteiger partial charge on any atom is -0.484 e. The van der Waals surface area contributed by atoms with E-state index in [0.29, 0.717) is 22.5 Å². The summed E-state index contributed by atoms with van der Waals surface area (Å²) in [7, 11) is 0. The molecule has 31 heavy (non-hydrogen) atoms. The van der Waals surface area contributed by atoms with E-state index in [2.05, 4.69) is 16.4 Å². The first-order chi connectivity index (χ1) is 14.9. The van der Waals surface area contributed by atoms with Crippen molar-refractivity contribution >= 4 is 29.4 Å². The van der Waals surface area contributed by atoms with Crippen molar-refractivity contribution in [2.24, 2.45) is 5.10 Å². The number of terminal acetylenes is 1. The van der Waals surface area contributed by atoms with Crippen LogP contribution in [0.4, 0.5) is 8.78 Å². The second-order valence-electron chi connectivity index (χ2n) is 6.69. The summed E-state index contributed by atoms with van der Waals surface area (Å²) in [6.07, 6.45) is 6.42. The van der Waals surface area contributed by atoms with Crippen LogP contribution in [0.2, 0.25) is 0 Å². The van der Waals surface area contributed by atoms with E-state index >= 15 is 0 Å². The van der Waals surface area contributed by atoms with Crippen LogP contribution in [-0.2, 0) is 11.2 Å². The Morgan fingerprint density at radius 3 is 2.68 bits per heavy atom. The number of halogens is 2. The molecule has 0 aliphatic rings. The Labute approximate surface area is 185 Å². The fraction of sp³-hybridized carbons (Fsp3) is 0.261. The maximum Gasteiger partial charge on any atom is 0.303 e. The Kier molecular flexibility index (Phi) is 9.10. The summed E-state index contributed by atoms with van der Waals surface area (Å²) in [6.45, 7) is -0.0161. The SMILES string of the molecule is C#Cc1cc(C(=S)N/N=C/c2ccc(CCC(=O)O)cc2C)ccc1OC(CF)CF. The molecule has 0 amide bonds. The van der Waals surface area contributed by atoms with Gasteiger partial charge in [-0.1, -0.05) is 36.3 Å². The van der Waals surface area contributed by atoms with Gasteiger partial charge in [-0.2, -0.15) is 5.10 Å². The van der Waals surface area contributed by atoms with E-state index in [0.717, 1.165) is 16.7 Å². The number of benzene rings is 2. The van der Waals surface area contributed by atoms with Gasteiger partial charge in [-0.05, 0) is 48.2 Å². The summed E-state index contributed by atoms with van der Waals surface area (Å²) in [5.74, 6) is 1.79. The van der Waals surface area contributed by atoms with Gasteiger partial charge in [0.25, 0.3) is 0 Å². The summed E-state index contributed by atoms with van der Waals surface area (Å²) in [5, 5.41) is 12.9. The quantitative estimate of drug-likeness (QED) is 0.251. The fourth-order valence-electron chi connectivity index (χ4n) is 2.68. The minimum atomic E-state index is -1.20. The standard InChI is InChI=1S/C23H22F2N2O3S/c1-3-17-11-18(7-8-21(17)30-20(12-24)13-25)23(31)27-26-14-19-6-4-16(10-15(19)2)5-9-22(28)29/h1,4,6-8,10-11,14,20H,5,9,12-13H2,2H3,(H,27,31)(H,28,29)/b26-14+. The zero-order valence-electron chi connectivity index (χ0n) is 16.9. The molecule has 2 N–H and O–H groups in total. The molecule has 0 unspecified atom stereocenters. The average Bonchev–Trinajstić information content (AvgIpc) is 2.77. The molecule has 0 spiro atoms. The van der Waals surface area contributed by atoms with Gasteiger partial charge in [-0.25, -0.2) is 8.78 Å². The Balaban J connectivity index is 2.04. The Bertz CT molecular complexity index is 1010. The van der Waals surface area contributed by atoms with Gasteiger partial charge in [-0.3, -0.25) is 10.2 Å². The van der Waals surface area contributed by atoms with Gasteiger partial charge in [0.1, 0.15) is 24.1 Å². The number of aryl methyl sites for hydroxylation is 2. The van der Waals surface area contributed by atoms with Crippen molar-refractivity contribution < 1.29 is 23.4 Å². The van der Waals surface area contributed by atoms with Gasteiger partial charge in [0.05, 0.1) is 11.8 Å². The molecule has 0 saturated heterocycles. The molecular weight excluding hydrogens is 422 g/mol. The third kappa shape index (κ3) is 7.15. The Morgan fingerprint density at radius 2 is 2.06 bits per heavy atom. The van der Waals surface area contributed by atoms with E-state index in [1.165, 1.54) is 6.07 Å². The van der Waals surface area contributed by atoms with Gasteiger partial charge in [0.2, 0.25) is 0 Å². The van der Waals surface area contributed by atoms with Crippen molar-refractivity contribution in [1.29, 1.82) is 0 Å². The van der Waals surface area contributed by atoms with Crippen molar-refractivity contribution in [3.63, 3.8) is 0 Å². The molecule has 0 bridgehead atoms. The predicted octanol–water partition coefficient (Wildman–Crippen LogP) is 3.98. The Morgan fingerprint density at radius 1 is 1.32 bits per heavy atom. The second-order valence-corrected chi connectivity index (χ2v) is 7.10. The number of rotatable bonds is 10. The number of nitrogens with one attached hydrogen (secondary N) is 1. The number of nitrogens with zero attached hydrogens (tertiary/aromatic N) is 1. The number of carboxylic acids is 1. The number of aliphatic carboxylic acids is 1. The van der Waals surface area contributed by atoms with Crippen LogP contribution in [0.1, 0.15) is 34.2 Å². The van der Waals surface area contributed by atoms with E-state index in [4.69, 9.17) is 28.5 Å². The minimum absolute atomic E-state index is 0.0778. The zero-order chi connectivity index (χ0) is 22.8. The van der Waals surface area contributed by atoms with E-state index in [1.54, 1.807) is 18.3 Å². The van der Waals surface area contributed by atoms with Crippen LogP contribution in [-0.4, -0.2) is 41.7 Å². The van der Waals surface area contributed by atoms with Gasteiger partial charge in [0, 0.05) is 12.0 Å². The summed E-state index contributed by atoms with van der Waals surface area (Å²) in [4.78, 5) is 11.0. The first-order valence-corrected chi connectivity index (χ1v) is 9.82. The topological polar surface area (TPSA) is 70.9 Å². The average molecular weight is 445 g/mol. The molecule has 0 heterocycles. The zero-order valence-corrected chi connectivity index (χ0v) is 17.7. The van der Waals surface area contributed by atoms with Crippen molar-refractivity contribution in [1.82, 2.24) is 5.43 Å². The molecule has 2 rings (SSSR count). The third-order valence-corrected chi connectivity index (χ3v) is 4.69. The lowest BCUT2D eigenvalue weighted by molar-refractivity contribution is -0.136. The number of carboxylic acid groups (broad SMARTS) is 1. The van der Waals surface area contributed by atoms with Crippen LogP contribution < -0.4 is 10.2 Å². The second kappa shape index (κ2) is 11.8. The number of hydrazone groups is 1. The van der Waals surface area contributed by atoms with Crippen LogP contribution in [0.5, 0.6) is 5.75 Å². The van der Waals surface area contributed by atoms with Crippen LogP contribution >= 0.6 is 12.2 Å². The predicted molar refractivity (Wildman–Crippen MR) is 120 cm³/mol. The lowest BCUT2D eigenvalue weighted by atomic mass is 10.0. The van der Waals surface area contributed by atoms with E-state index in [-0.39, 0.29) is 12.2 Å². The highest BCUT2D eigenvalue weighted by Gasteiger charge is 2.13. The molecular formula is C23H22F2N2O3S. The number of ether oxygens (including phenoxy) is 1. The van der Waals surface area contributed by atoms with Crippen LogP contribution in [0.15, 0.2) is 41.5 Å². The summed E-state index contributed by atoms with van der Waals surface area (Å²) in [6, 6.07) is 10.3. The summed E-state index contributed by atoms with van der Waals surface area (Å²) >= 11 is 5.32. The highest BCUT2D eigenvalue weighted by molar-refractivity contribution is 7.80. The molecule has 8 heteroatoms. The molecule has 0 aliphatic heterocycles. The highest BCUT2D eigenvalue weighted by Crippen LogP contribution is 2.21. The molecule has 0 saturated carbocycles. The highest BCUT2D eigenvalue weighted by atomic mass is 32.1. The van der Waals surface area contributed by atoms with Crippen LogP contribution in [0.25, 0.3) is 0 Å². The van der Waals surface area contributed by atoms with Gasteiger partial charge in [-0.15, -0.1) is 6.42 Å². The normalized spacial score (nSPS) is 10.8. The van der Waals surface area contributed by atoms with Crippen molar-refractivity contribution in [2.75, 3.05) is 13.3 Å². The fourth-order valence-corrected chi connectivity index (χ4v) is 2.86. The number of carbonyl (C=O) groups is 1. The Hall–Kier alpha value is -3.31. The monoisotopic (exact) mass is 444 g/mol. The third-order valence-electron chi connectivity index (χ3n) is 4.37. The molecule has 0 atom stereocenters. The molecule has 2 aromatic carbocycles. The van der Waals surface area contributed by atoms with Crippen LogP contribution in [0.3, 0.4) is 0 Å². The first-order valence-electron chi connectivity index (χ1n) is 9.42. The van der Waals surface area contributed by atoms with Gasteiger partial charge in [0.15, 0.2) is 6.10 Å². The maximum absolute atomic E-state index is 12.7. The summed E-state index contributed by atoms with van der Waals surface area (Å²) < 4.78 is 30.6. The van der Waals surface area contributed by atoms with Gasteiger partial charge >= 0.3 is 5.97 Å².